The number of amides is 1. The molecule has 0 spiro atoms. The Labute approximate surface area is 224 Å². The van der Waals surface area contributed by atoms with Crippen molar-refractivity contribution in [2.75, 3.05) is 32.6 Å². The summed E-state index contributed by atoms with van der Waals surface area (Å²) in [6.07, 6.45) is 3.40. The maximum Gasteiger partial charge on any atom is 0.323 e. The zero-order valence-corrected chi connectivity index (χ0v) is 21.8. The van der Waals surface area contributed by atoms with Crippen LogP contribution in [0.15, 0.2) is 65.6 Å². The highest BCUT2D eigenvalue weighted by molar-refractivity contribution is 7.98. The van der Waals surface area contributed by atoms with Gasteiger partial charge in [0.25, 0.3) is 5.91 Å². The van der Waals surface area contributed by atoms with Gasteiger partial charge >= 0.3 is 5.97 Å². The minimum atomic E-state index is -1.05. The highest BCUT2D eigenvalue weighted by atomic mass is 32.2. The van der Waals surface area contributed by atoms with E-state index in [2.05, 4.69) is 0 Å². The van der Waals surface area contributed by atoms with Crippen molar-refractivity contribution in [1.29, 1.82) is 0 Å². The molecule has 4 rings (SSSR count). The Hall–Kier alpha value is -3.43. The van der Waals surface area contributed by atoms with E-state index in [1.54, 1.807) is 48.7 Å². The predicted molar refractivity (Wildman–Crippen MR) is 141 cm³/mol. The van der Waals surface area contributed by atoms with Crippen molar-refractivity contribution in [2.45, 2.75) is 24.3 Å². The standard InChI is InChI=1S/C29H29F2NO5S/c1-38-27-15-26(31)25(30)14-24(27)21-5-7-23(8-6-21)37-18-20-3-2-4-22(13-20)29(35)32(17-28(33)34)16-19-9-11-36-12-10-19/h2-8,13-15,19H,9-12,16-18H2,1H3,(H,33,34). The summed E-state index contributed by atoms with van der Waals surface area (Å²) in [4.78, 5) is 26.6. The molecule has 1 saturated heterocycles. The minimum Gasteiger partial charge on any atom is -0.489 e. The summed E-state index contributed by atoms with van der Waals surface area (Å²) in [7, 11) is 0. The number of ether oxygens (including phenoxy) is 2. The molecule has 0 saturated carbocycles. The van der Waals surface area contributed by atoms with Crippen molar-refractivity contribution in [3.05, 3.63) is 83.4 Å². The van der Waals surface area contributed by atoms with Gasteiger partial charge < -0.3 is 19.5 Å². The summed E-state index contributed by atoms with van der Waals surface area (Å²) in [5.41, 5.74) is 2.49. The minimum absolute atomic E-state index is 0.195. The molecule has 1 fully saturated rings. The molecule has 9 heteroatoms. The Morgan fingerprint density at radius 1 is 1.05 bits per heavy atom. The number of nitrogens with zero attached hydrogens (tertiary/aromatic N) is 1. The summed E-state index contributed by atoms with van der Waals surface area (Å²) in [5, 5.41) is 9.35. The number of thioether (sulfide) groups is 1. The van der Waals surface area contributed by atoms with Gasteiger partial charge in [-0.3, -0.25) is 9.59 Å². The highest BCUT2D eigenvalue weighted by Crippen LogP contribution is 2.33. The SMILES string of the molecule is CSc1cc(F)c(F)cc1-c1ccc(OCc2cccc(C(=O)N(CC(=O)O)CC3CCOCC3)c2)cc1. The lowest BCUT2D eigenvalue weighted by atomic mass is 9.99. The topological polar surface area (TPSA) is 76.1 Å². The van der Waals surface area contributed by atoms with E-state index in [-0.39, 0.29) is 25.0 Å². The third-order valence-corrected chi connectivity index (χ3v) is 7.20. The number of carboxylic acid groups (broad SMARTS) is 1. The molecule has 38 heavy (non-hydrogen) atoms. The number of benzene rings is 3. The van der Waals surface area contributed by atoms with Crippen LogP contribution in [0.1, 0.15) is 28.8 Å². The van der Waals surface area contributed by atoms with Gasteiger partial charge in [0, 0.05) is 30.2 Å². The van der Waals surface area contributed by atoms with Gasteiger partial charge in [-0.1, -0.05) is 24.3 Å². The van der Waals surface area contributed by atoms with Crippen LogP contribution < -0.4 is 4.74 Å². The van der Waals surface area contributed by atoms with Crippen LogP contribution in [0.4, 0.5) is 8.78 Å². The molecule has 200 valence electrons. The van der Waals surface area contributed by atoms with E-state index < -0.39 is 17.6 Å². The normalized spacial score (nSPS) is 13.8. The lowest BCUT2D eigenvalue weighted by molar-refractivity contribution is -0.137. The Kier molecular flexibility index (Phi) is 9.36. The first-order valence-electron chi connectivity index (χ1n) is 12.3. The molecule has 1 aliphatic rings. The molecule has 0 unspecified atom stereocenters. The number of rotatable bonds is 10. The first kappa shape index (κ1) is 27.6. The van der Waals surface area contributed by atoms with E-state index >= 15 is 0 Å². The van der Waals surface area contributed by atoms with Crippen molar-refractivity contribution < 1.29 is 33.0 Å². The molecule has 0 bridgehead atoms. The summed E-state index contributed by atoms with van der Waals surface area (Å²) < 4.78 is 38.7. The largest absolute Gasteiger partial charge is 0.489 e. The van der Waals surface area contributed by atoms with Gasteiger partial charge in [-0.25, -0.2) is 8.78 Å². The van der Waals surface area contributed by atoms with Crippen molar-refractivity contribution in [2.24, 2.45) is 5.92 Å². The van der Waals surface area contributed by atoms with Crippen LogP contribution in [0, 0.1) is 17.6 Å². The van der Waals surface area contributed by atoms with Crippen LogP contribution in [0.2, 0.25) is 0 Å². The number of hydrogen-bond acceptors (Lipinski definition) is 5. The fourth-order valence-electron chi connectivity index (χ4n) is 4.42. The fourth-order valence-corrected chi connectivity index (χ4v) is 5.04. The van der Waals surface area contributed by atoms with Crippen LogP contribution >= 0.6 is 11.8 Å². The van der Waals surface area contributed by atoms with Crippen molar-refractivity contribution >= 4 is 23.6 Å². The third-order valence-electron chi connectivity index (χ3n) is 6.42. The number of carboxylic acids is 1. The fraction of sp³-hybridized carbons (Fsp3) is 0.310. The average Bonchev–Trinajstić information content (AvgIpc) is 2.93. The molecule has 1 amide bonds. The lowest BCUT2D eigenvalue weighted by Gasteiger charge is -2.29. The summed E-state index contributed by atoms with van der Waals surface area (Å²) in [6.45, 7) is 1.44. The van der Waals surface area contributed by atoms with E-state index in [1.807, 2.05) is 6.07 Å². The van der Waals surface area contributed by atoms with Gasteiger partial charge in [-0.15, -0.1) is 11.8 Å². The molecular formula is C29H29F2NO5S. The van der Waals surface area contributed by atoms with Gasteiger partial charge in [-0.2, -0.15) is 0 Å². The van der Waals surface area contributed by atoms with Crippen LogP contribution in [0.25, 0.3) is 11.1 Å². The third kappa shape index (κ3) is 7.11. The maximum absolute atomic E-state index is 13.8. The van der Waals surface area contributed by atoms with Crippen LogP contribution in [-0.2, 0) is 16.1 Å². The molecule has 1 heterocycles. The molecule has 0 atom stereocenters. The van der Waals surface area contributed by atoms with Gasteiger partial charge in [-0.05, 0) is 78.1 Å². The highest BCUT2D eigenvalue weighted by Gasteiger charge is 2.24. The van der Waals surface area contributed by atoms with Gasteiger partial charge in [0.1, 0.15) is 18.9 Å². The Balaban J connectivity index is 1.42. The lowest BCUT2D eigenvalue weighted by Crippen LogP contribution is -2.40. The molecule has 3 aromatic rings. The van der Waals surface area contributed by atoms with Gasteiger partial charge in [0.2, 0.25) is 0 Å². The molecule has 3 aromatic carbocycles. The molecule has 6 nitrogen and oxygen atoms in total. The zero-order valence-electron chi connectivity index (χ0n) is 21.0. The number of halogens is 2. The van der Waals surface area contributed by atoms with Crippen molar-refractivity contribution in [3.8, 4) is 16.9 Å². The number of hydrogen-bond donors (Lipinski definition) is 1. The quantitative estimate of drug-likeness (QED) is 0.323. The smallest absolute Gasteiger partial charge is 0.323 e. The predicted octanol–water partition coefficient (Wildman–Crippen LogP) is 5.89. The summed E-state index contributed by atoms with van der Waals surface area (Å²) in [6, 6.07) is 16.4. The zero-order chi connectivity index (χ0) is 27.1. The molecule has 1 aliphatic heterocycles. The van der Waals surface area contributed by atoms with E-state index in [1.165, 1.54) is 28.8 Å². The monoisotopic (exact) mass is 541 g/mol. The van der Waals surface area contributed by atoms with E-state index in [0.717, 1.165) is 24.0 Å². The van der Waals surface area contributed by atoms with Crippen LogP contribution in [0.3, 0.4) is 0 Å². The Morgan fingerprint density at radius 3 is 2.45 bits per heavy atom. The second-order valence-corrected chi connectivity index (χ2v) is 9.96. The first-order valence-corrected chi connectivity index (χ1v) is 13.5. The summed E-state index contributed by atoms with van der Waals surface area (Å²) >= 11 is 1.34. The Bertz CT molecular complexity index is 1280. The molecule has 0 radical (unpaired) electrons. The summed E-state index contributed by atoms with van der Waals surface area (Å²) in [5.74, 6) is -2.39. The number of carbonyl (C=O) groups is 2. The van der Waals surface area contributed by atoms with Gasteiger partial charge in [0.15, 0.2) is 11.6 Å². The first-order chi connectivity index (χ1) is 18.3. The van der Waals surface area contributed by atoms with E-state index in [0.29, 0.717) is 41.5 Å². The van der Waals surface area contributed by atoms with E-state index in [4.69, 9.17) is 9.47 Å². The number of aliphatic carboxylic acids is 1. The molecular weight excluding hydrogens is 512 g/mol. The van der Waals surface area contributed by atoms with Crippen LogP contribution in [0.5, 0.6) is 5.75 Å². The molecule has 1 N–H and O–H groups in total. The maximum atomic E-state index is 13.8. The van der Waals surface area contributed by atoms with Gasteiger partial charge in [0.05, 0.1) is 0 Å². The Morgan fingerprint density at radius 2 is 1.76 bits per heavy atom. The average molecular weight is 542 g/mol. The second kappa shape index (κ2) is 12.9. The van der Waals surface area contributed by atoms with E-state index in [9.17, 15) is 23.5 Å². The molecule has 0 aliphatic carbocycles. The molecule has 0 aromatic heterocycles. The van der Waals surface area contributed by atoms with Crippen molar-refractivity contribution in [1.82, 2.24) is 4.90 Å². The number of carbonyl (C=O) groups excluding carboxylic acids is 1. The van der Waals surface area contributed by atoms with Crippen molar-refractivity contribution in [3.63, 3.8) is 0 Å². The second-order valence-electron chi connectivity index (χ2n) is 9.12. The van der Waals surface area contributed by atoms with Crippen LogP contribution in [-0.4, -0.2) is 54.4 Å².